The van der Waals surface area contributed by atoms with Gasteiger partial charge in [0, 0.05) is 28.9 Å². The van der Waals surface area contributed by atoms with E-state index in [1.54, 1.807) is 6.20 Å². The van der Waals surface area contributed by atoms with Crippen LogP contribution in [0.25, 0.3) is 0 Å². The number of pyridine rings is 2. The molecule has 4 aromatic rings. The third-order valence-corrected chi connectivity index (χ3v) is 7.65. The fraction of sp³-hybridized carbons (Fsp3) is 0.343. The highest BCUT2D eigenvalue weighted by atomic mass is 16.5. The van der Waals surface area contributed by atoms with Gasteiger partial charge in [0.15, 0.2) is 11.5 Å². The van der Waals surface area contributed by atoms with Crippen molar-refractivity contribution in [3.8, 4) is 11.5 Å². The minimum absolute atomic E-state index is 0.0296. The fourth-order valence-corrected chi connectivity index (χ4v) is 5.00. The standard InChI is InChI=1S/C35H40N4O/c1-33(2,3)23-17-27-31(29(19-23)38-21-25-13-9-11-15-36-25)40-32-28(35(27,7)8)18-24(34(4,5)6)20-30(32)39-22-26-14-10-12-16-37-26/h9-21,39H,22H2,1-8H3. The maximum atomic E-state index is 6.87. The molecule has 2 aromatic heterocycles. The van der Waals surface area contributed by atoms with E-state index in [0.717, 1.165) is 39.8 Å². The largest absolute Gasteiger partial charge is 0.452 e. The summed E-state index contributed by atoms with van der Waals surface area (Å²) in [6.07, 6.45) is 5.42. The SMILES string of the molecule is CC(C)(C)c1cc(N=Cc2ccccn2)c2c(c1)C(C)(C)c1cc(C(C)(C)C)cc(NCc3ccccn3)c1O2. The van der Waals surface area contributed by atoms with E-state index in [0.29, 0.717) is 6.54 Å². The number of ether oxygens (including phenoxy) is 1. The monoisotopic (exact) mass is 532 g/mol. The molecular formula is C35H40N4O. The molecule has 0 radical (unpaired) electrons. The summed E-state index contributed by atoms with van der Waals surface area (Å²) < 4.78 is 6.87. The Morgan fingerprint density at radius 2 is 1.43 bits per heavy atom. The van der Waals surface area contributed by atoms with Gasteiger partial charge in [-0.2, -0.15) is 0 Å². The second-order valence-corrected chi connectivity index (χ2v) is 13.2. The number of aromatic nitrogens is 2. The van der Waals surface area contributed by atoms with Gasteiger partial charge in [-0.05, 0) is 58.4 Å². The molecule has 206 valence electrons. The Labute approximate surface area is 238 Å². The van der Waals surface area contributed by atoms with Crippen LogP contribution < -0.4 is 10.1 Å². The maximum absolute atomic E-state index is 6.87. The molecule has 0 atom stereocenters. The lowest BCUT2D eigenvalue weighted by molar-refractivity contribution is 0.417. The van der Waals surface area contributed by atoms with Gasteiger partial charge < -0.3 is 10.1 Å². The van der Waals surface area contributed by atoms with Crippen LogP contribution in [0, 0.1) is 0 Å². The van der Waals surface area contributed by atoms with E-state index in [9.17, 15) is 0 Å². The summed E-state index contributed by atoms with van der Waals surface area (Å²) in [4.78, 5) is 13.9. The number of fused-ring (bicyclic) bond motifs is 2. The molecule has 40 heavy (non-hydrogen) atoms. The average Bonchev–Trinajstić information content (AvgIpc) is 2.90. The molecule has 0 aliphatic carbocycles. The summed E-state index contributed by atoms with van der Waals surface area (Å²) in [5, 5.41) is 3.65. The Hall–Kier alpha value is -3.99. The molecule has 0 spiro atoms. The summed E-state index contributed by atoms with van der Waals surface area (Å²) in [6.45, 7) is 18.7. The molecule has 5 rings (SSSR count). The van der Waals surface area contributed by atoms with E-state index in [4.69, 9.17) is 9.73 Å². The van der Waals surface area contributed by atoms with Gasteiger partial charge in [-0.1, -0.05) is 79.7 Å². The quantitative estimate of drug-likeness (QED) is 0.261. The first-order chi connectivity index (χ1) is 18.8. The van der Waals surface area contributed by atoms with Crippen LogP contribution in [0.15, 0.2) is 78.0 Å². The van der Waals surface area contributed by atoms with Crippen molar-refractivity contribution in [1.29, 1.82) is 0 Å². The average molecular weight is 533 g/mol. The molecule has 0 bridgehead atoms. The van der Waals surface area contributed by atoms with Crippen LogP contribution in [0.1, 0.15) is 89.0 Å². The van der Waals surface area contributed by atoms with E-state index in [1.807, 2.05) is 48.8 Å². The van der Waals surface area contributed by atoms with E-state index in [1.165, 1.54) is 16.7 Å². The molecule has 2 aromatic carbocycles. The van der Waals surface area contributed by atoms with E-state index in [-0.39, 0.29) is 16.2 Å². The van der Waals surface area contributed by atoms with Crippen LogP contribution >= 0.6 is 0 Å². The van der Waals surface area contributed by atoms with Crippen molar-refractivity contribution in [2.75, 3.05) is 5.32 Å². The van der Waals surface area contributed by atoms with Gasteiger partial charge in [0.1, 0.15) is 5.69 Å². The normalized spacial score (nSPS) is 14.4. The molecule has 0 unspecified atom stereocenters. The van der Waals surface area contributed by atoms with Crippen molar-refractivity contribution >= 4 is 17.6 Å². The van der Waals surface area contributed by atoms with Crippen LogP contribution in [-0.2, 0) is 22.8 Å². The van der Waals surface area contributed by atoms with Crippen molar-refractivity contribution in [3.05, 3.63) is 107 Å². The van der Waals surface area contributed by atoms with Crippen LogP contribution in [-0.4, -0.2) is 16.2 Å². The highest BCUT2D eigenvalue weighted by Crippen LogP contribution is 2.55. The highest BCUT2D eigenvalue weighted by Gasteiger charge is 2.39. The van der Waals surface area contributed by atoms with Gasteiger partial charge >= 0.3 is 0 Å². The minimum atomic E-state index is -0.317. The summed E-state index contributed by atoms with van der Waals surface area (Å²) in [7, 11) is 0. The number of nitrogens with zero attached hydrogens (tertiary/aromatic N) is 3. The summed E-state index contributed by atoms with van der Waals surface area (Å²) >= 11 is 0. The molecule has 1 aliphatic heterocycles. The van der Waals surface area contributed by atoms with Crippen molar-refractivity contribution in [1.82, 2.24) is 9.97 Å². The second kappa shape index (κ2) is 10.2. The number of rotatable bonds is 5. The van der Waals surface area contributed by atoms with Crippen molar-refractivity contribution in [2.24, 2.45) is 4.99 Å². The summed E-state index contributed by atoms with van der Waals surface area (Å²) in [6, 6.07) is 20.8. The zero-order valence-electron chi connectivity index (χ0n) is 25.0. The fourth-order valence-electron chi connectivity index (χ4n) is 5.00. The molecule has 1 N–H and O–H groups in total. The number of benzene rings is 2. The van der Waals surface area contributed by atoms with Crippen molar-refractivity contribution in [3.63, 3.8) is 0 Å². The van der Waals surface area contributed by atoms with Gasteiger partial charge in [0.05, 0.1) is 29.8 Å². The predicted octanol–water partition coefficient (Wildman–Crippen LogP) is 8.87. The zero-order chi connectivity index (χ0) is 28.7. The number of aliphatic imine (C=N–C) groups is 1. The molecule has 0 fully saturated rings. The van der Waals surface area contributed by atoms with Crippen molar-refractivity contribution < 1.29 is 4.74 Å². The topological polar surface area (TPSA) is 59.4 Å². The van der Waals surface area contributed by atoms with Gasteiger partial charge in [0.25, 0.3) is 0 Å². The number of anilines is 1. The van der Waals surface area contributed by atoms with E-state index < -0.39 is 0 Å². The Morgan fingerprint density at radius 1 is 0.800 bits per heavy atom. The molecule has 0 amide bonds. The highest BCUT2D eigenvalue weighted by molar-refractivity contribution is 5.82. The molecule has 5 nitrogen and oxygen atoms in total. The van der Waals surface area contributed by atoms with Crippen LogP contribution in [0.4, 0.5) is 11.4 Å². The van der Waals surface area contributed by atoms with E-state index >= 15 is 0 Å². The Morgan fingerprint density at radius 3 is 2.02 bits per heavy atom. The third-order valence-electron chi connectivity index (χ3n) is 7.65. The molecule has 5 heteroatoms. The molecular weight excluding hydrogens is 492 g/mol. The van der Waals surface area contributed by atoms with Gasteiger partial charge in [-0.3, -0.25) is 15.0 Å². The first-order valence-electron chi connectivity index (χ1n) is 14.0. The van der Waals surface area contributed by atoms with Crippen LogP contribution in [0.3, 0.4) is 0 Å². The first-order valence-corrected chi connectivity index (χ1v) is 14.0. The maximum Gasteiger partial charge on any atom is 0.157 e. The Bertz CT molecular complexity index is 1540. The van der Waals surface area contributed by atoms with E-state index in [2.05, 4.69) is 94.9 Å². The van der Waals surface area contributed by atoms with Crippen LogP contribution in [0.5, 0.6) is 11.5 Å². The third kappa shape index (κ3) is 5.51. The van der Waals surface area contributed by atoms with Gasteiger partial charge in [-0.15, -0.1) is 0 Å². The second-order valence-electron chi connectivity index (χ2n) is 13.2. The molecule has 1 aliphatic rings. The molecule has 0 saturated carbocycles. The van der Waals surface area contributed by atoms with Gasteiger partial charge in [0.2, 0.25) is 0 Å². The number of nitrogens with one attached hydrogen (secondary N) is 1. The number of hydrogen-bond donors (Lipinski definition) is 1. The lowest BCUT2D eigenvalue weighted by Gasteiger charge is -2.38. The molecule has 0 saturated heterocycles. The van der Waals surface area contributed by atoms with Crippen LogP contribution in [0.2, 0.25) is 0 Å². The summed E-state index contributed by atoms with van der Waals surface area (Å²) in [5.74, 6) is 1.64. The Kier molecular flexibility index (Phi) is 7.03. The lowest BCUT2D eigenvalue weighted by atomic mass is 9.71. The van der Waals surface area contributed by atoms with Crippen molar-refractivity contribution in [2.45, 2.75) is 78.2 Å². The van der Waals surface area contributed by atoms with Gasteiger partial charge in [-0.25, -0.2) is 0 Å². The smallest absolute Gasteiger partial charge is 0.157 e. The molecule has 3 heterocycles. The summed E-state index contributed by atoms with van der Waals surface area (Å²) in [5.41, 5.74) is 7.95. The first kappa shape index (κ1) is 27.6. The lowest BCUT2D eigenvalue weighted by Crippen LogP contribution is -2.27. The predicted molar refractivity (Wildman–Crippen MR) is 166 cm³/mol. The number of hydrogen-bond acceptors (Lipinski definition) is 5. The Balaban J connectivity index is 1.68. The zero-order valence-corrected chi connectivity index (χ0v) is 25.0. The minimum Gasteiger partial charge on any atom is -0.452 e.